The van der Waals surface area contributed by atoms with Gasteiger partial charge < -0.3 is 16.8 Å². The molecule has 0 aromatic carbocycles. The van der Waals surface area contributed by atoms with Crippen LogP contribution in [0.25, 0.3) is 0 Å². The van der Waals surface area contributed by atoms with Crippen molar-refractivity contribution < 1.29 is 13.2 Å². The number of sulfone groups is 1. The van der Waals surface area contributed by atoms with Crippen LogP contribution in [0, 0.1) is 5.92 Å². The maximum atomic E-state index is 12.3. The number of carbonyl (C=O) groups excluding carboxylic acids is 1. The summed E-state index contributed by atoms with van der Waals surface area (Å²) in [5.41, 5.74) is 12.3. The van der Waals surface area contributed by atoms with Gasteiger partial charge in [-0.2, -0.15) is 0 Å². The van der Waals surface area contributed by atoms with Crippen molar-refractivity contribution in [2.75, 3.05) is 17.6 Å². The number of carbonyl (C=O) groups is 1. The van der Waals surface area contributed by atoms with E-state index in [2.05, 4.69) is 10.3 Å². The van der Waals surface area contributed by atoms with E-state index in [0.29, 0.717) is 43.5 Å². The topological polar surface area (TPSA) is 128 Å². The number of primary amides is 1. The van der Waals surface area contributed by atoms with Gasteiger partial charge in [0.05, 0.1) is 27.9 Å². The number of anilines is 1. The Morgan fingerprint density at radius 2 is 2.13 bits per heavy atom. The lowest BCUT2D eigenvalue weighted by Gasteiger charge is -2.50. The average molecular weight is 338 g/mol. The second kappa shape index (κ2) is 5.76. The summed E-state index contributed by atoms with van der Waals surface area (Å²) in [6.45, 7) is 0.596. The van der Waals surface area contributed by atoms with Gasteiger partial charge in [-0.15, -0.1) is 0 Å². The smallest absolute Gasteiger partial charge is 0.250 e. The van der Waals surface area contributed by atoms with E-state index in [4.69, 9.17) is 11.5 Å². The van der Waals surface area contributed by atoms with Crippen LogP contribution in [0.2, 0.25) is 0 Å². The Hall–Kier alpha value is -1.67. The highest BCUT2D eigenvalue weighted by Crippen LogP contribution is 2.49. The Labute approximate surface area is 135 Å². The molecule has 8 heteroatoms. The molecule has 5 N–H and O–H groups in total. The predicted molar refractivity (Wildman–Crippen MR) is 87.7 cm³/mol. The molecule has 1 aliphatic carbocycles. The fraction of sp³-hybridized carbons (Fsp3) is 0.600. The average Bonchev–Trinajstić information content (AvgIpc) is 2.46. The molecular weight excluding hydrogens is 316 g/mol. The molecule has 3 rings (SSSR count). The summed E-state index contributed by atoms with van der Waals surface area (Å²) in [5, 5.41) is 3.17. The monoisotopic (exact) mass is 338 g/mol. The van der Waals surface area contributed by atoms with Gasteiger partial charge in [0.15, 0.2) is 9.84 Å². The first-order valence-electron chi connectivity index (χ1n) is 7.78. The molecule has 2 fully saturated rings. The van der Waals surface area contributed by atoms with E-state index in [1.54, 1.807) is 12.3 Å². The van der Waals surface area contributed by atoms with Crippen molar-refractivity contribution in [3.05, 3.63) is 24.0 Å². The van der Waals surface area contributed by atoms with Gasteiger partial charge in [0.2, 0.25) is 0 Å². The lowest BCUT2D eigenvalue weighted by molar-refractivity contribution is 0.100. The fourth-order valence-electron chi connectivity index (χ4n) is 3.79. The number of nitrogens with one attached hydrogen (secondary N) is 1. The molecule has 1 spiro atoms. The molecule has 1 amide bonds. The summed E-state index contributed by atoms with van der Waals surface area (Å²) >= 11 is 0. The standard InChI is InChI=1S/C15H22N4O3S/c16-11-2-4-23(21,22)15(7-11)5-10(6-15)8-19-13-9-18-3-1-12(13)14(17)20/h1,3,9-11,19H,2,4-8,16H2,(H2,17,20). The predicted octanol–water partition coefficient (Wildman–Crippen LogP) is 0.277. The van der Waals surface area contributed by atoms with Gasteiger partial charge in [-0.3, -0.25) is 9.78 Å². The largest absolute Gasteiger partial charge is 0.383 e. The maximum Gasteiger partial charge on any atom is 0.250 e. The van der Waals surface area contributed by atoms with Gasteiger partial charge in [-0.25, -0.2) is 8.42 Å². The summed E-state index contributed by atoms with van der Waals surface area (Å²) in [6.07, 6.45) is 5.45. The third kappa shape index (κ3) is 2.92. The minimum absolute atomic E-state index is 0.0211. The molecule has 7 nitrogen and oxygen atoms in total. The Kier molecular flexibility index (Phi) is 4.05. The van der Waals surface area contributed by atoms with E-state index in [0.717, 1.165) is 0 Å². The molecule has 0 radical (unpaired) electrons. The normalized spacial score (nSPS) is 32.2. The van der Waals surface area contributed by atoms with Crippen LogP contribution < -0.4 is 16.8 Å². The second-order valence-corrected chi connectivity index (χ2v) is 9.20. The number of rotatable bonds is 4. The fourth-order valence-corrected chi connectivity index (χ4v) is 6.29. The molecule has 1 aromatic rings. The number of hydrogen-bond acceptors (Lipinski definition) is 6. The van der Waals surface area contributed by atoms with Gasteiger partial charge >= 0.3 is 0 Å². The minimum Gasteiger partial charge on any atom is -0.383 e. The SMILES string of the molecule is NC(=O)c1ccncc1NCC1CC2(CC(N)CCS2(=O)=O)C1. The highest BCUT2D eigenvalue weighted by molar-refractivity contribution is 7.92. The van der Waals surface area contributed by atoms with Crippen LogP contribution in [0.5, 0.6) is 0 Å². The molecular formula is C15H22N4O3S. The Bertz CT molecular complexity index is 713. The van der Waals surface area contributed by atoms with Gasteiger partial charge in [0.25, 0.3) is 5.91 Å². The zero-order valence-corrected chi connectivity index (χ0v) is 13.7. The van der Waals surface area contributed by atoms with Gasteiger partial charge in [-0.05, 0) is 37.7 Å². The lowest BCUT2D eigenvalue weighted by Crippen LogP contribution is -2.58. The van der Waals surface area contributed by atoms with Gasteiger partial charge in [0, 0.05) is 18.8 Å². The van der Waals surface area contributed by atoms with Crippen molar-refractivity contribution in [2.45, 2.75) is 36.5 Å². The molecule has 1 saturated carbocycles. The minimum atomic E-state index is -3.05. The van der Waals surface area contributed by atoms with E-state index in [1.807, 2.05) is 0 Å². The van der Waals surface area contributed by atoms with Crippen LogP contribution in [-0.2, 0) is 9.84 Å². The number of hydrogen-bond donors (Lipinski definition) is 3. The van der Waals surface area contributed by atoms with Crippen LogP contribution in [0.3, 0.4) is 0 Å². The molecule has 2 heterocycles. The third-order valence-electron chi connectivity index (χ3n) is 5.04. The van der Waals surface area contributed by atoms with Crippen molar-refractivity contribution >= 4 is 21.4 Å². The van der Waals surface area contributed by atoms with Crippen LogP contribution in [-0.4, -0.2) is 42.4 Å². The summed E-state index contributed by atoms with van der Waals surface area (Å²) < 4.78 is 24.1. The van der Waals surface area contributed by atoms with E-state index in [-0.39, 0.29) is 17.7 Å². The van der Waals surface area contributed by atoms with E-state index in [9.17, 15) is 13.2 Å². The molecule has 1 atom stereocenters. The lowest BCUT2D eigenvalue weighted by atomic mass is 9.70. The summed E-state index contributed by atoms with van der Waals surface area (Å²) in [5.74, 6) is -0.0697. The molecule has 2 aliphatic rings. The Balaban J connectivity index is 1.62. The number of nitrogens with zero attached hydrogens (tertiary/aromatic N) is 1. The van der Waals surface area contributed by atoms with Crippen molar-refractivity contribution in [1.82, 2.24) is 4.98 Å². The maximum absolute atomic E-state index is 12.3. The van der Waals surface area contributed by atoms with Crippen molar-refractivity contribution in [2.24, 2.45) is 17.4 Å². The zero-order chi connectivity index (χ0) is 16.7. The number of aromatic nitrogens is 1. The molecule has 1 unspecified atom stereocenters. The molecule has 0 bridgehead atoms. The molecule has 1 aromatic heterocycles. The van der Waals surface area contributed by atoms with Crippen LogP contribution in [0.15, 0.2) is 18.5 Å². The van der Waals surface area contributed by atoms with Crippen molar-refractivity contribution in [1.29, 1.82) is 0 Å². The Morgan fingerprint density at radius 1 is 1.39 bits per heavy atom. The van der Waals surface area contributed by atoms with Crippen molar-refractivity contribution in [3.63, 3.8) is 0 Å². The third-order valence-corrected chi connectivity index (χ3v) is 7.63. The number of amides is 1. The first-order valence-corrected chi connectivity index (χ1v) is 9.44. The van der Waals surface area contributed by atoms with Crippen LogP contribution in [0.4, 0.5) is 5.69 Å². The summed E-state index contributed by atoms with van der Waals surface area (Å²) in [6, 6.07) is 1.55. The second-order valence-electron chi connectivity index (χ2n) is 6.70. The van der Waals surface area contributed by atoms with Crippen molar-refractivity contribution in [3.8, 4) is 0 Å². The van der Waals surface area contributed by atoms with E-state index < -0.39 is 20.5 Å². The number of pyridine rings is 1. The van der Waals surface area contributed by atoms with Crippen LogP contribution >= 0.6 is 0 Å². The summed E-state index contributed by atoms with van der Waals surface area (Å²) in [7, 11) is -3.05. The van der Waals surface area contributed by atoms with E-state index in [1.165, 1.54) is 6.20 Å². The van der Waals surface area contributed by atoms with Crippen LogP contribution in [0.1, 0.15) is 36.0 Å². The summed E-state index contributed by atoms with van der Waals surface area (Å²) in [4.78, 5) is 15.4. The molecule has 1 aliphatic heterocycles. The quantitative estimate of drug-likeness (QED) is 0.723. The first-order chi connectivity index (χ1) is 10.8. The molecule has 1 saturated heterocycles. The van der Waals surface area contributed by atoms with Gasteiger partial charge in [0.1, 0.15) is 0 Å². The Morgan fingerprint density at radius 3 is 2.83 bits per heavy atom. The highest BCUT2D eigenvalue weighted by Gasteiger charge is 2.55. The number of nitrogens with two attached hydrogens (primary N) is 2. The van der Waals surface area contributed by atoms with Gasteiger partial charge in [-0.1, -0.05) is 0 Å². The van der Waals surface area contributed by atoms with E-state index >= 15 is 0 Å². The highest BCUT2D eigenvalue weighted by atomic mass is 32.2. The molecule has 23 heavy (non-hydrogen) atoms. The molecule has 126 valence electrons. The first kappa shape index (κ1) is 16.2. The zero-order valence-electron chi connectivity index (χ0n) is 12.9.